The van der Waals surface area contributed by atoms with E-state index in [1.807, 2.05) is 0 Å². The van der Waals surface area contributed by atoms with Crippen molar-refractivity contribution in [2.75, 3.05) is 0 Å². The predicted octanol–water partition coefficient (Wildman–Crippen LogP) is 3.06. The van der Waals surface area contributed by atoms with Crippen LogP contribution in [-0.2, 0) is 12.8 Å². The second-order valence-corrected chi connectivity index (χ2v) is 4.93. The van der Waals surface area contributed by atoms with Gasteiger partial charge in [0.25, 0.3) is 0 Å². The maximum absolute atomic E-state index is 5.67. The number of hydrazine groups is 1. The van der Waals surface area contributed by atoms with Gasteiger partial charge < -0.3 is 0 Å². The monoisotopic (exact) mass is 246 g/mol. The number of hydrogen-bond acceptors (Lipinski definition) is 3. The molecular formula is C14H18N2S. The summed E-state index contributed by atoms with van der Waals surface area (Å²) in [6.07, 6.45) is 2.00. The lowest BCUT2D eigenvalue weighted by atomic mass is 9.98. The van der Waals surface area contributed by atoms with Crippen molar-refractivity contribution in [1.82, 2.24) is 5.43 Å². The van der Waals surface area contributed by atoms with Crippen molar-refractivity contribution in [1.29, 1.82) is 0 Å². The van der Waals surface area contributed by atoms with Crippen LogP contribution in [-0.4, -0.2) is 0 Å². The second kappa shape index (κ2) is 5.96. The Labute approximate surface area is 106 Å². The third-order valence-corrected chi connectivity index (χ3v) is 3.71. The normalized spacial score (nSPS) is 12.6. The van der Waals surface area contributed by atoms with E-state index in [-0.39, 0.29) is 6.04 Å². The Morgan fingerprint density at radius 2 is 2.18 bits per heavy atom. The maximum Gasteiger partial charge on any atom is 0.0500 e. The van der Waals surface area contributed by atoms with E-state index >= 15 is 0 Å². The smallest absolute Gasteiger partial charge is 0.0500 e. The van der Waals surface area contributed by atoms with Crippen LogP contribution < -0.4 is 11.3 Å². The fraction of sp³-hybridized carbons (Fsp3) is 0.286. The topological polar surface area (TPSA) is 38.0 Å². The fourth-order valence-electron chi connectivity index (χ4n) is 1.95. The number of aryl methyl sites for hydroxylation is 1. The summed E-state index contributed by atoms with van der Waals surface area (Å²) in [4.78, 5) is 0. The highest BCUT2D eigenvalue weighted by Gasteiger charge is 2.10. The van der Waals surface area contributed by atoms with Crippen LogP contribution in [0.5, 0.6) is 0 Å². The molecule has 1 aromatic heterocycles. The molecule has 0 aliphatic rings. The van der Waals surface area contributed by atoms with E-state index in [2.05, 4.69) is 53.4 Å². The molecule has 1 aromatic carbocycles. The third-order valence-electron chi connectivity index (χ3n) is 2.98. The highest BCUT2D eigenvalue weighted by atomic mass is 32.1. The Morgan fingerprint density at radius 1 is 1.29 bits per heavy atom. The average molecular weight is 246 g/mol. The minimum absolute atomic E-state index is 0.191. The summed E-state index contributed by atoms with van der Waals surface area (Å²) in [6, 6.07) is 11.0. The molecule has 0 aliphatic heterocycles. The van der Waals surface area contributed by atoms with E-state index in [0.717, 1.165) is 12.8 Å². The first-order valence-corrected chi connectivity index (χ1v) is 6.83. The lowest BCUT2D eigenvalue weighted by molar-refractivity contribution is 0.552. The van der Waals surface area contributed by atoms with E-state index in [0.29, 0.717) is 0 Å². The van der Waals surface area contributed by atoms with Crippen LogP contribution in [0.1, 0.15) is 29.7 Å². The number of rotatable bonds is 5. The molecule has 2 nitrogen and oxygen atoms in total. The van der Waals surface area contributed by atoms with Gasteiger partial charge >= 0.3 is 0 Å². The summed E-state index contributed by atoms with van der Waals surface area (Å²) in [5, 5.41) is 4.28. The molecular weight excluding hydrogens is 228 g/mol. The Kier molecular flexibility index (Phi) is 4.31. The van der Waals surface area contributed by atoms with Crippen LogP contribution in [0.4, 0.5) is 0 Å². The first kappa shape index (κ1) is 12.3. The lowest BCUT2D eigenvalue weighted by Gasteiger charge is -2.16. The predicted molar refractivity (Wildman–Crippen MR) is 73.9 cm³/mol. The molecule has 0 bridgehead atoms. The van der Waals surface area contributed by atoms with Crippen LogP contribution >= 0.6 is 11.3 Å². The number of hydrogen-bond donors (Lipinski definition) is 2. The first-order valence-electron chi connectivity index (χ1n) is 5.89. The van der Waals surface area contributed by atoms with Gasteiger partial charge in [0, 0.05) is 0 Å². The summed E-state index contributed by atoms with van der Waals surface area (Å²) >= 11 is 1.73. The maximum atomic E-state index is 5.67. The zero-order valence-electron chi connectivity index (χ0n) is 10.0. The molecule has 90 valence electrons. The first-order chi connectivity index (χ1) is 8.33. The number of nitrogens with one attached hydrogen (secondary N) is 1. The highest BCUT2D eigenvalue weighted by molar-refractivity contribution is 7.07. The van der Waals surface area contributed by atoms with Gasteiger partial charge in [-0.1, -0.05) is 31.2 Å². The molecule has 0 saturated carbocycles. The largest absolute Gasteiger partial charge is 0.271 e. The molecule has 0 aliphatic carbocycles. The Bertz CT molecular complexity index is 451. The van der Waals surface area contributed by atoms with Crippen LogP contribution in [0, 0.1) is 0 Å². The van der Waals surface area contributed by atoms with Gasteiger partial charge in [0.05, 0.1) is 6.04 Å². The van der Waals surface area contributed by atoms with E-state index < -0.39 is 0 Å². The summed E-state index contributed by atoms with van der Waals surface area (Å²) in [7, 11) is 0. The molecule has 1 atom stereocenters. The number of thiophene rings is 1. The van der Waals surface area contributed by atoms with Crippen molar-refractivity contribution < 1.29 is 0 Å². The summed E-state index contributed by atoms with van der Waals surface area (Å²) in [5.74, 6) is 5.67. The molecule has 1 unspecified atom stereocenters. The molecule has 3 N–H and O–H groups in total. The molecule has 0 spiro atoms. The summed E-state index contributed by atoms with van der Waals surface area (Å²) in [6.45, 7) is 2.17. The van der Waals surface area contributed by atoms with Gasteiger partial charge in [-0.15, -0.1) is 0 Å². The Morgan fingerprint density at radius 3 is 2.82 bits per heavy atom. The molecule has 2 rings (SSSR count). The van der Waals surface area contributed by atoms with Crippen molar-refractivity contribution in [3.8, 4) is 0 Å². The molecule has 0 amide bonds. The Balaban J connectivity index is 2.16. The van der Waals surface area contributed by atoms with Crippen molar-refractivity contribution in [3.05, 3.63) is 57.8 Å². The summed E-state index contributed by atoms with van der Waals surface area (Å²) in [5.41, 5.74) is 6.86. The molecule has 1 heterocycles. The van der Waals surface area contributed by atoms with Crippen molar-refractivity contribution in [3.63, 3.8) is 0 Å². The van der Waals surface area contributed by atoms with Gasteiger partial charge in [0.2, 0.25) is 0 Å². The second-order valence-electron chi connectivity index (χ2n) is 4.15. The van der Waals surface area contributed by atoms with Gasteiger partial charge in [-0.2, -0.15) is 11.3 Å². The average Bonchev–Trinajstić information content (AvgIpc) is 2.89. The molecule has 2 aromatic rings. The quantitative estimate of drug-likeness (QED) is 0.628. The van der Waals surface area contributed by atoms with Crippen LogP contribution in [0.25, 0.3) is 0 Å². The molecule has 3 heteroatoms. The molecule has 0 fully saturated rings. The molecule has 17 heavy (non-hydrogen) atoms. The van der Waals surface area contributed by atoms with Crippen LogP contribution in [0.15, 0.2) is 41.1 Å². The van der Waals surface area contributed by atoms with Gasteiger partial charge in [0.15, 0.2) is 0 Å². The number of nitrogens with two attached hydrogens (primary N) is 1. The van der Waals surface area contributed by atoms with E-state index in [9.17, 15) is 0 Å². The van der Waals surface area contributed by atoms with Gasteiger partial charge in [-0.3, -0.25) is 11.3 Å². The summed E-state index contributed by atoms with van der Waals surface area (Å²) < 4.78 is 0. The van der Waals surface area contributed by atoms with Crippen LogP contribution in [0.3, 0.4) is 0 Å². The lowest BCUT2D eigenvalue weighted by Crippen LogP contribution is -2.29. The zero-order chi connectivity index (χ0) is 12.1. The van der Waals surface area contributed by atoms with Crippen molar-refractivity contribution >= 4 is 11.3 Å². The van der Waals surface area contributed by atoms with Gasteiger partial charge in [-0.05, 0) is 46.4 Å². The SMILES string of the molecule is CCc1cccc(C(Cc2ccsc2)NN)c1. The third kappa shape index (κ3) is 3.16. The van der Waals surface area contributed by atoms with Crippen molar-refractivity contribution in [2.45, 2.75) is 25.8 Å². The standard InChI is InChI=1S/C14H18N2S/c1-2-11-4-3-5-13(8-11)14(16-15)9-12-6-7-17-10-12/h3-8,10,14,16H,2,9,15H2,1H3. The van der Waals surface area contributed by atoms with Gasteiger partial charge in [-0.25, -0.2) is 0 Å². The zero-order valence-corrected chi connectivity index (χ0v) is 10.8. The van der Waals surface area contributed by atoms with E-state index in [4.69, 9.17) is 5.84 Å². The minimum Gasteiger partial charge on any atom is -0.271 e. The fourth-order valence-corrected chi connectivity index (χ4v) is 2.63. The highest BCUT2D eigenvalue weighted by Crippen LogP contribution is 2.20. The number of benzene rings is 1. The molecule has 0 radical (unpaired) electrons. The Hall–Kier alpha value is -1.16. The minimum atomic E-state index is 0.191. The van der Waals surface area contributed by atoms with Crippen LogP contribution in [0.2, 0.25) is 0 Å². The van der Waals surface area contributed by atoms with E-state index in [1.165, 1.54) is 16.7 Å². The van der Waals surface area contributed by atoms with Crippen molar-refractivity contribution in [2.24, 2.45) is 5.84 Å². The van der Waals surface area contributed by atoms with E-state index in [1.54, 1.807) is 11.3 Å². The molecule has 0 saturated heterocycles. The van der Waals surface area contributed by atoms with Gasteiger partial charge in [0.1, 0.15) is 0 Å².